The number of aliphatic hydroxyl groups is 1. The summed E-state index contributed by atoms with van der Waals surface area (Å²) in [5.41, 5.74) is 0. The van der Waals surface area contributed by atoms with Crippen LogP contribution in [0.3, 0.4) is 0 Å². The molecule has 0 saturated carbocycles. The van der Waals surface area contributed by atoms with Gasteiger partial charge in [0, 0.05) is 36.7 Å². The van der Waals surface area contributed by atoms with E-state index in [2.05, 4.69) is 6.92 Å². The molecule has 1 rings (SSSR count). The van der Waals surface area contributed by atoms with Crippen molar-refractivity contribution >= 4 is 39.7 Å². The Bertz CT molecular complexity index is 477. The number of hydrogen-bond donors (Lipinski definition) is 1. The van der Waals surface area contributed by atoms with Crippen molar-refractivity contribution in [3.05, 3.63) is 30.3 Å². The molecular formula is C19H34NaO4S. The van der Waals surface area contributed by atoms with E-state index >= 15 is 0 Å². The van der Waals surface area contributed by atoms with Crippen molar-refractivity contribution < 1.29 is 17.7 Å². The SMILES string of the molecule is CCCCCCCCCCCCOS(=O)(=O)c1ccccc1.CO.[Na]. The van der Waals surface area contributed by atoms with Gasteiger partial charge in [0.25, 0.3) is 10.1 Å². The van der Waals surface area contributed by atoms with Gasteiger partial charge in [-0.25, -0.2) is 0 Å². The number of rotatable bonds is 13. The van der Waals surface area contributed by atoms with Gasteiger partial charge in [0.15, 0.2) is 0 Å². The van der Waals surface area contributed by atoms with Gasteiger partial charge in [0.1, 0.15) is 0 Å². The molecule has 0 fully saturated rings. The monoisotopic (exact) mass is 381 g/mol. The second-order valence-corrected chi connectivity index (χ2v) is 7.39. The van der Waals surface area contributed by atoms with Gasteiger partial charge < -0.3 is 5.11 Å². The Morgan fingerprint density at radius 2 is 1.24 bits per heavy atom. The van der Waals surface area contributed by atoms with Crippen LogP contribution < -0.4 is 0 Å². The van der Waals surface area contributed by atoms with Crippen molar-refractivity contribution in [2.75, 3.05) is 13.7 Å². The Morgan fingerprint density at radius 3 is 1.72 bits per heavy atom. The summed E-state index contributed by atoms with van der Waals surface area (Å²) in [6, 6.07) is 8.33. The molecule has 0 saturated heterocycles. The van der Waals surface area contributed by atoms with E-state index in [0.29, 0.717) is 0 Å². The molecule has 0 aliphatic heterocycles. The second-order valence-electron chi connectivity index (χ2n) is 5.77. The standard InChI is InChI=1S/C18H30O3S.CH4O.Na/c1-2-3-4-5-6-7-8-9-10-14-17-21-22(19,20)18-15-12-11-13-16-18;1-2;/h11-13,15-16H,2-10,14,17H2,1H3;2H,1H3;. The molecule has 0 heterocycles. The molecule has 1 aromatic carbocycles. The summed E-state index contributed by atoms with van der Waals surface area (Å²) in [7, 11) is -2.57. The van der Waals surface area contributed by atoms with Crippen LogP contribution in [-0.2, 0) is 14.3 Å². The molecule has 0 spiro atoms. The summed E-state index contributed by atoms with van der Waals surface area (Å²) in [5, 5.41) is 7.00. The van der Waals surface area contributed by atoms with E-state index in [-0.39, 0.29) is 41.1 Å². The summed E-state index contributed by atoms with van der Waals surface area (Å²) in [4.78, 5) is 0.238. The molecule has 0 aliphatic rings. The average Bonchev–Trinajstić information content (AvgIpc) is 2.62. The number of unbranched alkanes of at least 4 members (excludes halogenated alkanes) is 9. The predicted octanol–water partition coefficient (Wildman–Crippen LogP) is 4.54. The second kappa shape index (κ2) is 18.9. The summed E-state index contributed by atoms with van der Waals surface area (Å²) in [6.07, 6.45) is 12.3. The molecule has 1 radical (unpaired) electrons. The molecule has 6 heteroatoms. The van der Waals surface area contributed by atoms with Gasteiger partial charge in [-0.15, -0.1) is 0 Å². The van der Waals surface area contributed by atoms with Crippen molar-refractivity contribution in [2.24, 2.45) is 0 Å². The zero-order chi connectivity index (χ0) is 18.1. The van der Waals surface area contributed by atoms with Crippen molar-refractivity contribution in [1.82, 2.24) is 0 Å². The minimum atomic E-state index is -3.57. The van der Waals surface area contributed by atoms with E-state index < -0.39 is 10.1 Å². The first kappa shape index (κ1) is 27.3. The zero-order valence-corrected chi connectivity index (χ0v) is 19.1. The minimum Gasteiger partial charge on any atom is -0.400 e. The van der Waals surface area contributed by atoms with E-state index in [0.717, 1.165) is 20.0 Å². The largest absolute Gasteiger partial charge is 0.400 e. The predicted molar refractivity (Wildman–Crippen MR) is 105 cm³/mol. The van der Waals surface area contributed by atoms with Gasteiger partial charge in [-0.3, -0.25) is 4.18 Å². The molecule has 0 aliphatic carbocycles. The smallest absolute Gasteiger partial charge is 0.296 e. The first-order valence-electron chi connectivity index (χ1n) is 9.06. The summed E-state index contributed by atoms with van der Waals surface area (Å²) in [5.74, 6) is 0. The maximum atomic E-state index is 11.9. The zero-order valence-electron chi connectivity index (χ0n) is 16.2. The Balaban J connectivity index is 0. The fraction of sp³-hybridized carbons (Fsp3) is 0.684. The Kier molecular flexibility index (Phi) is 20.6. The topological polar surface area (TPSA) is 63.6 Å². The summed E-state index contributed by atoms with van der Waals surface area (Å²) < 4.78 is 28.8. The molecule has 25 heavy (non-hydrogen) atoms. The van der Waals surface area contributed by atoms with Crippen LogP contribution in [0.2, 0.25) is 0 Å². The quantitative estimate of drug-likeness (QED) is 0.309. The summed E-state index contributed by atoms with van der Waals surface area (Å²) >= 11 is 0. The van der Waals surface area contributed by atoms with Gasteiger partial charge in [-0.05, 0) is 18.6 Å². The molecule has 141 valence electrons. The van der Waals surface area contributed by atoms with Crippen LogP contribution in [0.4, 0.5) is 0 Å². The Hall–Kier alpha value is 0.0900. The van der Waals surface area contributed by atoms with E-state index in [1.54, 1.807) is 30.3 Å². The van der Waals surface area contributed by atoms with E-state index in [4.69, 9.17) is 9.29 Å². The molecule has 0 unspecified atom stereocenters. The average molecular weight is 382 g/mol. The van der Waals surface area contributed by atoms with E-state index in [1.807, 2.05) is 0 Å². The van der Waals surface area contributed by atoms with E-state index in [9.17, 15) is 8.42 Å². The third-order valence-electron chi connectivity index (χ3n) is 3.77. The van der Waals surface area contributed by atoms with Crippen LogP contribution in [0, 0.1) is 0 Å². The third-order valence-corrected chi connectivity index (χ3v) is 5.09. The van der Waals surface area contributed by atoms with Gasteiger partial charge >= 0.3 is 0 Å². The van der Waals surface area contributed by atoms with E-state index in [1.165, 1.54) is 51.4 Å². The van der Waals surface area contributed by atoms with Gasteiger partial charge in [-0.1, -0.05) is 82.9 Å². The fourth-order valence-corrected chi connectivity index (χ4v) is 3.38. The van der Waals surface area contributed by atoms with Crippen molar-refractivity contribution in [3.8, 4) is 0 Å². The molecule has 4 nitrogen and oxygen atoms in total. The first-order chi connectivity index (χ1) is 11.7. The number of hydrogen-bond acceptors (Lipinski definition) is 4. The van der Waals surface area contributed by atoms with Crippen LogP contribution >= 0.6 is 0 Å². The van der Waals surface area contributed by atoms with Crippen LogP contribution in [0.5, 0.6) is 0 Å². The molecule has 1 aromatic rings. The van der Waals surface area contributed by atoms with Gasteiger partial charge in [0.2, 0.25) is 0 Å². The van der Waals surface area contributed by atoms with Crippen molar-refractivity contribution in [3.63, 3.8) is 0 Å². The normalized spacial score (nSPS) is 10.5. The molecule has 0 atom stereocenters. The van der Waals surface area contributed by atoms with Crippen LogP contribution in [0.1, 0.15) is 71.1 Å². The maximum absolute atomic E-state index is 11.9. The first-order valence-corrected chi connectivity index (χ1v) is 10.5. The molecular weight excluding hydrogens is 347 g/mol. The number of benzene rings is 1. The summed E-state index contributed by atoms with van der Waals surface area (Å²) in [6.45, 7) is 2.52. The molecule has 1 N–H and O–H groups in total. The molecule has 0 amide bonds. The number of aliphatic hydroxyl groups excluding tert-OH is 1. The van der Waals surface area contributed by atoms with Gasteiger partial charge in [-0.2, -0.15) is 8.42 Å². The van der Waals surface area contributed by atoms with Crippen molar-refractivity contribution in [1.29, 1.82) is 0 Å². The fourth-order valence-electron chi connectivity index (χ4n) is 2.41. The van der Waals surface area contributed by atoms with Crippen LogP contribution in [-0.4, -0.2) is 56.8 Å². The maximum Gasteiger partial charge on any atom is 0.296 e. The van der Waals surface area contributed by atoms with Crippen LogP contribution in [0.15, 0.2) is 35.2 Å². The minimum absolute atomic E-state index is 0. The van der Waals surface area contributed by atoms with Crippen molar-refractivity contribution in [2.45, 2.75) is 76.0 Å². The molecule has 0 aromatic heterocycles. The van der Waals surface area contributed by atoms with Crippen LogP contribution in [0.25, 0.3) is 0 Å². The Morgan fingerprint density at radius 1 is 0.800 bits per heavy atom. The Labute approximate surface area is 176 Å². The molecule has 0 bridgehead atoms. The van der Waals surface area contributed by atoms with Gasteiger partial charge in [0.05, 0.1) is 11.5 Å². The third kappa shape index (κ3) is 14.9.